The van der Waals surface area contributed by atoms with Crippen LogP contribution < -0.4 is 4.90 Å². The van der Waals surface area contributed by atoms with Gasteiger partial charge >= 0.3 is 0 Å². The fourth-order valence-corrected chi connectivity index (χ4v) is 5.04. The lowest BCUT2D eigenvalue weighted by atomic mass is 9.79. The average molecular weight is 389 g/mol. The first-order valence-corrected chi connectivity index (χ1v) is 10.6. The lowest BCUT2D eigenvalue weighted by Gasteiger charge is -2.40. The van der Waals surface area contributed by atoms with E-state index < -0.39 is 0 Å². The largest absolute Gasteiger partial charge is 0.347 e. The number of carbonyl (C=O) groups excluding carboxylic acids is 1. The molecule has 1 aromatic carbocycles. The van der Waals surface area contributed by atoms with Crippen LogP contribution in [0.5, 0.6) is 0 Å². The third kappa shape index (κ3) is 4.46. The van der Waals surface area contributed by atoms with Gasteiger partial charge in [-0.1, -0.05) is 23.5 Å². The summed E-state index contributed by atoms with van der Waals surface area (Å²) in [6, 6.07) is 6.35. The molecular formula is C20H25FN4OS. The van der Waals surface area contributed by atoms with Crippen LogP contribution in [0.3, 0.4) is 0 Å². The van der Waals surface area contributed by atoms with Crippen molar-refractivity contribution < 1.29 is 9.18 Å². The van der Waals surface area contributed by atoms with Gasteiger partial charge in [0.05, 0.1) is 6.42 Å². The topological polar surface area (TPSA) is 49.3 Å². The second-order valence-corrected chi connectivity index (χ2v) is 8.38. The molecule has 7 heteroatoms. The number of piperidine rings is 2. The average Bonchev–Trinajstić information content (AvgIpc) is 3.23. The summed E-state index contributed by atoms with van der Waals surface area (Å²) in [5.41, 5.74) is 2.55. The Labute approximate surface area is 163 Å². The minimum Gasteiger partial charge on any atom is -0.347 e. The third-order valence-corrected chi connectivity index (χ3v) is 6.71. The molecule has 0 aliphatic carbocycles. The molecule has 144 valence electrons. The van der Waals surface area contributed by atoms with Gasteiger partial charge in [0.15, 0.2) is 0 Å². The summed E-state index contributed by atoms with van der Waals surface area (Å²) in [5.74, 6) is 1.29. The van der Waals surface area contributed by atoms with Crippen molar-refractivity contribution in [1.82, 2.24) is 15.1 Å². The quantitative estimate of drug-likeness (QED) is 0.806. The van der Waals surface area contributed by atoms with Crippen molar-refractivity contribution in [1.29, 1.82) is 0 Å². The summed E-state index contributed by atoms with van der Waals surface area (Å²) >= 11 is 1.61. The van der Waals surface area contributed by atoms with E-state index in [1.807, 2.05) is 11.0 Å². The van der Waals surface area contributed by atoms with Crippen LogP contribution in [-0.4, -0.2) is 47.2 Å². The summed E-state index contributed by atoms with van der Waals surface area (Å²) in [6.07, 6.45) is 4.85. The van der Waals surface area contributed by atoms with Crippen LogP contribution in [-0.2, 0) is 11.2 Å². The molecule has 4 rings (SSSR count). The Kier molecular flexibility index (Phi) is 5.66. The monoisotopic (exact) mass is 388 g/mol. The zero-order valence-electron chi connectivity index (χ0n) is 15.4. The lowest BCUT2D eigenvalue weighted by molar-refractivity contribution is -0.132. The number of hydrogen-bond donors (Lipinski definition) is 0. The molecule has 0 radical (unpaired) electrons. The van der Waals surface area contributed by atoms with Crippen molar-refractivity contribution in [2.45, 2.75) is 32.1 Å². The van der Waals surface area contributed by atoms with Crippen LogP contribution in [0.4, 0.5) is 9.52 Å². The number of halogens is 1. The van der Waals surface area contributed by atoms with Gasteiger partial charge in [0.25, 0.3) is 0 Å². The van der Waals surface area contributed by atoms with Crippen molar-refractivity contribution in [3.05, 3.63) is 41.2 Å². The van der Waals surface area contributed by atoms with Gasteiger partial charge < -0.3 is 9.80 Å². The van der Waals surface area contributed by atoms with Gasteiger partial charge in [-0.15, -0.1) is 10.2 Å². The molecule has 0 saturated carbocycles. The SMILES string of the molecule is O=C(Cc1cccc(F)c1)N1CCC(C2CCN(c3nncs3)CC2)CC1. The number of rotatable bonds is 4. The molecule has 2 aliphatic heterocycles. The molecule has 27 heavy (non-hydrogen) atoms. The van der Waals surface area contributed by atoms with Gasteiger partial charge in [0, 0.05) is 26.2 Å². The predicted octanol–water partition coefficient (Wildman–Crippen LogP) is 3.37. The molecule has 2 aliphatic rings. The van der Waals surface area contributed by atoms with Crippen LogP contribution in [0, 0.1) is 17.7 Å². The number of hydrogen-bond acceptors (Lipinski definition) is 5. The maximum atomic E-state index is 13.3. The number of amides is 1. The molecule has 1 amide bonds. The van der Waals surface area contributed by atoms with Crippen molar-refractivity contribution in [2.24, 2.45) is 11.8 Å². The number of nitrogens with zero attached hydrogens (tertiary/aromatic N) is 4. The number of likely N-dealkylation sites (tertiary alicyclic amines) is 1. The van der Waals surface area contributed by atoms with Crippen LogP contribution >= 0.6 is 11.3 Å². The molecular weight excluding hydrogens is 363 g/mol. The second kappa shape index (κ2) is 8.33. The Morgan fingerprint density at radius 3 is 2.44 bits per heavy atom. The summed E-state index contributed by atoms with van der Waals surface area (Å²) in [7, 11) is 0. The molecule has 0 N–H and O–H groups in total. The van der Waals surface area contributed by atoms with Crippen LogP contribution in [0.25, 0.3) is 0 Å². The molecule has 2 fully saturated rings. The van der Waals surface area contributed by atoms with Gasteiger partial charge in [0.2, 0.25) is 11.0 Å². The highest BCUT2D eigenvalue weighted by Crippen LogP contribution is 2.34. The molecule has 1 aromatic heterocycles. The molecule has 2 saturated heterocycles. The fraction of sp³-hybridized carbons (Fsp3) is 0.550. The first-order valence-electron chi connectivity index (χ1n) is 9.72. The summed E-state index contributed by atoms with van der Waals surface area (Å²) < 4.78 is 13.3. The Hall–Kier alpha value is -2.02. The number of benzene rings is 1. The number of carbonyl (C=O) groups is 1. The highest BCUT2D eigenvalue weighted by atomic mass is 32.1. The van der Waals surface area contributed by atoms with Gasteiger partial charge in [-0.25, -0.2) is 4.39 Å². The Morgan fingerprint density at radius 1 is 1.11 bits per heavy atom. The van der Waals surface area contributed by atoms with Crippen molar-refractivity contribution in [3.63, 3.8) is 0 Å². The molecule has 2 aromatic rings. The van der Waals surface area contributed by atoms with Gasteiger partial charge in [0.1, 0.15) is 11.3 Å². The summed E-state index contributed by atoms with van der Waals surface area (Å²) in [5, 5.41) is 9.14. The van der Waals surface area contributed by atoms with Crippen LogP contribution in [0.2, 0.25) is 0 Å². The number of anilines is 1. The molecule has 0 unspecified atom stereocenters. The van der Waals surface area contributed by atoms with Gasteiger partial charge in [-0.05, 0) is 55.2 Å². The van der Waals surface area contributed by atoms with Gasteiger partial charge in [-0.2, -0.15) is 0 Å². The van der Waals surface area contributed by atoms with E-state index in [2.05, 4.69) is 15.1 Å². The normalized spacial score (nSPS) is 19.4. The maximum Gasteiger partial charge on any atom is 0.226 e. The van der Waals surface area contributed by atoms with Crippen LogP contribution in [0.15, 0.2) is 29.8 Å². The van der Waals surface area contributed by atoms with Gasteiger partial charge in [-0.3, -0.25) is 4.79 Å². The van der Waals surface area contributed by atoms with E-state index in [1.54, 1.807) is 22.9 Å². The second-order valence-electron chi connectivity index (χ2n) is 7.57. The van der Waals surface area contributed by atoms with E-state index in [4.69, 9.17) is 0 Å². The Bertz CT molecular complexity index is 753. The highest BCUT2D eigenvalue weighted by molar-refractivity contribution is 7.13. The molecule has 0 bridgehead atoms. The third-order valence-electron chi connectivity index (χ3n) is 5.96. The predicted molar refractivity (Wildman–Crippen MR) is 104 cm³/mol. The van der Waals surface area contributed by atoms with Crippen molar-refractivity contribution in [2.75, 3.05) is 31.1 Å². The zero-order chi connectivity index (χ0) is 18.6. The summed E-state index contributed by atoms with van der Waals surface area (Å²) in [6.45, 7) is 3.77. The Balaban J connectivity index is 1.24. The maximum absolute atomic E-state index is 13.3. The van der Waals surface area contributed by atoms with Crippen molar-refractivity contribution in [3.8, 4) is 0 Å². The molecule has 3 heterocycles. The number of aromatic nitrogens is 2. The molecule has 0 atom stereocenters. The standard InChI is InChI=1S/C20H25FN4OS/c21-18-3-1-2-15(12-18)13-19(26)24-8-4-16(5-9-24)17-6-10-25(11-7-17)20-23-22-14-27-20/h1-3,12,14,16-17H,4-11,13H2. The molecule has 0 spiro atoms. The zero-order valence-corrected chi connectivity index (χ0v) is 16.2. The van der Waals surface area contributed by atoms with E-state index >= 15 is 0 Å². The van der Waals surface area contributed by atoms with E-state index in [0.29, 0.717) is 12.3 Å². The first kappa shape index (κ1) is 18.3. The Morgan fingerprint density at radius 2 is 1.81 bits per heavy atom. The van der Waals surface area contributed by atoms with Crippen LogP contribution in [0.1, 0.15) is 31.2 Å². The van der Waals surface area contributed by atoms with E-state index in [9.17, 15) is 9.18 Å². The van der Waals surface area contributed by atoms with E-state index in [-0.39, 0.29) is 11.7 Å². The lowest BCUT2D eigenvalue weighted by Crippen LogP contribution is -2.43. The first-order chi connectivity index (χ1) is 13.2. The van der Waals surface area contributed by atoms with E-state index in [1.165, 1.54) is 25.0 Å². The minimum atomic E-state index is -0.279. The highest BCUT2D eigenvalue weighted by Gasteiger charge is 2.31. The van der Waals surface area contributed by atoms with E-state index in [0.717, 1.165) is 55.6 Å². The van der Waals surface area contributed by atoms with Crippen molar-refractivity contribution >= 4 is 22.4 Å². The minimum absolute atomic E-state index is 0.116. The summed E-state index contributed by atoms with van der Waals surface area (Å²) in [4.78, 5) is 16.8. The molecule has 5 nitrogen and oxygen atoms in total. The smallest absolute Gasteiger partial charge is 0.226 e. The fourth-order valence-electron chi connectivity index (χ4n) is 4.42.